The van der Waals surface area contributed by atoms with Crippen molar-refractivity contribution in [3.63, 3.8) is 0 Å². The zero-order valence-electron chi connectivity index (χ0n) is 12.1. The molecule has 0 radical (unpaired) electrons. The van der Waals surface area contributed by atoms with Crippen LogP contribution in [0.3, 0.4) is 0 Å². The van der Waals surface area contributed by atoms with E-state index in [1.807, 2.05) is 6.20 Å². The van der Waals surface area contributed by atoms with Crippen molar-refractivity contribution >= 4 is 5.69 Å². The summed E-state index contributed by atoms with van der Waals surface area (Å²) in [6.07, 6.45) is 2.98. The van der Waals surface area contributed by atoms with Crippen molar-refractivity contribution in [3.05, 3.63) is 47.8 Å². The van der Waals surface area contributed by atoms with Crippen molar-refractivity contribution in [2.75, 3.05) is 5.32 Å². The van der Waals surface area contributed by atoms with E-state index in [0.29, 0.717) is 5.92 Å². The molecule has 2 aromatic rings. The summed E-state index contributed by atoms with van der Waals surface area (Å²) in [5.41, 5.74) is 3.77. The second-order valence-corrected chi connectivity index (χ2v) is 5.18. The van der Waals surface area contributed by atoms with Crippen molar-refractivity contribution in [3.8, 4) is 0 Å². The molecular formula is C16H23N3. The summed E-state index contributed by atoms with van der Waals surface area (Å²) in [4.78, 5) is 0. The minimum atomic E-state index is 0.583. The minimum Gasteiger partial charge on any atom is -0.379 e. The number of hydrogen-bond acceptors (Lipinski definition) is 2. The lowest BCUT2D eigenvalue weighted by molar-refractivity contribution is 0.578. The summed E-state index contributed by atoms with van der Waals surface area (Å²) in [5.74, 6) is 0.583. The topological polar surface area (TPSA) is 29.9 Å². The van der Waals surface area contributed by atoms with Crippen LogP contribution in [0.4, 0.5) is 5.69 Å². The van der Waals surface area contributed by atoms with Gasteiger partial charge in [-0.1, -0.05) is 32.9 Å². The number of nitrogens with one attached hydrogen (secondary N) is 1. The smallest absolute Gasteiger partial charge is 0.0575 e. The summed E-state index contributed by atoms with van der Waals surface area (Å²) < 4.78 is 2.06. The summed E-state index contributed by atoms with van der Waals surface area (Å²) >= 11 is 0. The quantitative estimate of drug-likeness (QED) is 0.846. The van der Waals surface area contributed by atoms with Crippen LogP contribution in [-0.2, 0) is 13.1 Å². The maximum Gasteiger partial charge on any atom is 0.0575 e. The second kappa shape index (κ2) is 6.41. The number of benzene rings is 1. The Morgan fingerprint density at radius 1 is 1.16 bits per heavy atom. The molecule has 1 heterocycles. The van der Waals surface area contributed by atoms with Gasteiger partial charge in [-0.15, -0.1) is 0 Å². The Morgan fingerprint density at radius 2 is 1.89 bits per heavy atom. The molecular weight excluding hydrogens is 234 g/mol. The van der Waals surface area contributed by atoms with E-state index in [1.165, 1.54) is 11.3 Å². The van der Waals surface area contributed by atoms with Crippen LogP contribution in [0.5, 0.6) is 0 Å². The molecule has 0 unspecified atom stereocenters. The highest BCUT2D eigenvalue weighted by molar-refractivity contribution is 5.45. The van der Waals surface area contributed by atoms with E-state index in [1.54, 1.807) is 0 Å². The molecule has 3 heteroatoms. The van der Waals surface area contributed by atoms with Crippen LogP contribution in [-0.4, -0.2) is 9.78 Å². The summed E-state index contributed by atoms with van der Waals surface area (Å²) in [6.45, 7) is 8.40. The summed E-state index contributed by atoms with van der Waals surface area (Å²) in [6, 6.07) is 10.8. The molecule has 1 N–H and O–H groups in total. The molecule has 102 valence electrons. The van der Waals surface area contributed by atoms with Gasteiger partial charge >= 0.3 is 0 Å². The van der Waals surface area contributed by atoms with Crippen molar-refractivity contribution in [1.82, 2.24) is 9.78 Å². The van der Waals surface area contributed by atoms with E-state index in [0.717, 1.165) is 25.2 Å². The average molecular weight is 257 g/mol. The fraction of sp³-hybridized carbons (Fsp3) is 0.438. The predicted octanol–water partition coefficient (Wildman–Crippen LogP) is 4.03. The molecule has 0 saturated heterocycles. The van der Waals surface area contributed by atoms with Crippen molar-refractivity contribution in [1.29, 1.82) is 0 Å². The van der Waals surface area contributed by atoms with E-state index in [-0.39, 0.29) is 0 Å². The Labute approximate surface area is 115 Å². The first kappa shape index (κ1) is 13.7. The van der Waals surface area contributed by atoms with E-state index in [4.69, 9.17) is 0 Å². The first-order valence-corrected chi connectivity index (χ1v) is 7.05. The van der Waals surface area contributed by atoms with Crippen LogP contribution in [0.1, 0.15) is 44.4 Å². The molecule has 1 aromatic heterocycles. The first-order chi connectivity index (χ1) is 9.20. The molecule has 19 heavy (non-hydrogen) atoms. The summed E-state index contributed by atoms with van der Waals surface area (Å²) in [5, 5.41) is 7.78. The van der Waals surface area contributed by atoms with Crippen LogP contribution in [0.2, 0.25) is 0 Å². The van der Waals surface area contributed by atoms with Gasteiger partial charge < -0.3 is 5.32 Å². The molecule has 0 aliphatic rings. The normalized spacial score (nSPS) is 10.9. The third kappa shape index (κ3) is 3.60. The maximum atomic E-state index is 4.33. The largest absolute Gasteiger partial charge is 0.379 e. The molecule has 0 aliphatic carbocycles. The molecule has 2 rings (SSSR count). The van der Waals surface area contributed by atoms with Gasteiger partial charge in [0.2, 0.25) is 0 Å². The van der Waals surface area contributed by atoms with Crippen molar-refractivity contribution in [2.45, 2.75) is 46.2 Å². The monoisotopic (exact) mass is 257 g/mol. The van der Waals surface area contributed by atoms with Crippen LogP contribution < -0.4 is 5.32 Å². The average Bonchev–Trinajstić information content (AvgIpc) is 2.85. The van der Waals surface area contributed by atoms with Crippen LogP contribution >= 0.6 is 0 Å². The Balaban J connectivity index is 1.96. The predicted molar refractivity (Wildman–Crippen MR) is 80.4 cm³/mol. The van der Waals surface area contributed by atoms with Gasteiger partial charge in [-0.05, 0) is 36.1 Å². The van der Waals surface area contributed by atoms with Crippen LogP contribution in [0.15, 0.2) is 36.5 Å². The Bertz CT molecular complexity index is 497. The van der Waals surface area contributed by atoms with Gasteiger partial charge in [-0.3, -0.25) is 4.68 Å². The maximum absolute atomic E-state index is 4.33. The SMILES string of the molecule is CCCn1nccc1CNc1ccc(C(C)C)cc1. The first-order valence-electron chi connectivity index (χ1n) is 7.05. The van der Waals surface area contributed by atoms with Crippen molar-refractivity contribution in [2.24, 2.45) is 0 Å². The van der Waals surface area contributed by atoms with Gasteiger partial charge in [-0.25, -0.2) is 0 Å². The van der Waals surface area contributed by atoms with Crippen LogP contribution in [0, 0.1) is 0 Å². The summed E-state index contributed by atoms with van der Waals surface area (Å²) in [7, 11) is 0. The zero-order chi connectivity index (χ0) is 13.7. The molecule has 0 spiro atoms. The molecule has 1 aromatic carbocycles. The highest BCUT2D eigenvalue weighted by Gasteiger charge is 2.02. The van der Waals surface area contributed by atoms with Gasteiger partial charge in [0.15, 0.2) is 0 Å². The van der Waals surface area contributed by atoms with Gasteiger partial charge in [-0.2, -0.15) is 5.10 Å². The number of rotatable bonds is 6. The molecule has 0 aliphatic heterocycles. The third-order valence-corrected chi connectivity index (χ3v) is 3.29. The molecule has 0 atom stereocenters. The van der Waals surface area contributed by atoms with Gasteiger partial charge in [0.25, 0.3) is 0 Å². The Hall–Kier alpha value is -1.77. The zero-order valence-corrected chi connectivity index (χ0v) is 12.1. The van der Waals surface area contributed by atoms with Gasteiger partial charge in [0.05, 0.1) is 12.2 Å². The van der Waals surface area contributed by atoms with E-state index >= 15 is 0 Å². The van der Waals surface area contributed by atoms with E-state index in [2.05, 4.69) is 66.2 Å². The number of anilines is 1. The lowest BCUT2D eigenvalue weighted by atomic mass is 10.0. The standard InChI is InChI=1S/C16H23N3/c1-4-11-19-16(9-10-18-19)12-17-15-7-5-14(6-8-15)13(2)3/h5-10,13,17H,4,11-12H2,1-3H3. The molecule has 0 saturated carbocycles. The highest BCUT2D eigenvalue weighted by atomic mass is 15.3. The third-order valence-electron chi connectivity index (χ3n) is 3.29. The lowest BCUT2D eigenvalue weighted by Crippen LogP contribution is -2.08. The van der Waals surface area contributed by atoms with E-state index in [9.17, 15) is 0 Å². The van der Waals surface area contributed by atoms with E-state index < -0.39 is 0 Å². The number of nitrogens with zero attached hydrogens (tertiary/aromatic N) is 2. The molecule has 0 bridgehead atoms. The Morgan fingerprint density at radius 3 is 2.53 bits per heavy atom. The highest BCUT2D eigenvalue weighted by Crippen LogP contribution is 2.17. The fourth-order valence-electron chi connectivity index (χ4n) is 2.10. The van der Waals surface area contributed by atoms with Crippen LogP contribution in [0.25, 0.3) is 0 Å². The van der Waals surface area contributed by atoms with Crippen molar-refractivity contribution < 1.29 is 0 Å². The minimum absolute atomic E-state index is 0.583. The molecule has 3 nitrogen and oxygen atoms in total. The lowest BCUT2D eigenvalue weighted by Gasteiger charge is -2.10. The fourth-order valence-corrected chi connectivity index (χ4v) is 2.10. The second-order valence-electron chi connectivity index (χ2n) is 5.18. The number of aryl methyl sites for hydroxylation is 1. The van der Waals surface area contributed by atoms with Gasteiger partial charge in [0.1, 0.15) is 0 Å². The molecule has 0 fully saturated rings. The number of hydrogen-bond donors (Lipinski definition) is 1. The Kier molecular flexibility index (Phi) is 4.61. The molecule has 0 amide bonds. The number of aromatic nitrogens is 2. The van der Waals surface area contributed by atoms with Gasteiger partial charge in [0, 0.05) is 18.4 Å².